The summed E-state index contributed by atoms with van der Waals surface area (Å²) in [6, 6.07) is 14.2. The Morgan fingerprint density at radius 2 is 1.83 bits per heavy atom. The maximum Gasteiger partial charge on any atom is 0.339 e. The van der Waals surface area contributed by atoms with Crippen LogP contribution in [0, 0.1) is 11.3 Å². The van der Waals surface area contributed by atoms with Crippen LogP contribution in [0.4, 0.5) is 5.69 Å². The van der Waals surface area contributed by atoms with Gasteiger partial charge in [-0.3, -0.25) is 4.79 Å². The van der Waals surface area contributed by atoms with Crippen molar-refractivity contribution in [3.63, 3.8) is 0 Å². The average molecular weight is 322 g/mol. The number of nitrogens with one attached hydrogen (secondary N) is 1. The molecule has 0 fully saturated rings. The third-order valence-electron chi connectivity index (χ3n) is 3.15. The molecule has 0 aromatic heterocycles. The van der Waals surface area contributed by atoms with E-state index in [2.05, 4.69) is 10.1 Å². The Bertz CT molecular complexity index is 833. The fraction of sp³-hybridized carbons (Fsp3) is 0.0556. The molecule has 2 N–H and O–H groups in total. The molecule has 24 heavy (non-hydrogen) atoms. The summed E-state index contributed by atoms with van der Waals surface area (Å²) in [4.78, 5) is 24.0. The first-order chi connectivity index (χ1) is 11.5. The Morgan fingerprint density at radius 3 is 2.46 bits per heavy atom. The molecule has 0 heterocycles. The summed E-state index contributed by atoms with van der Waals surface area (Å²) in [7, 11) is 1.24. The van der Waals surface area contributed by atoms with E-state index in [-0.39, 0.29) is 22.6 Å². The van der Waals surface area contributed by atoms with E-state index in [0.717, 1.165) is 0 Å². The average Bonchev–Trinajstić information content (AvgIpc) is 2.61. The van der Waals surface area contributed by atoms with Crippen molar-refractivity contribution in [2.45, 2.75) is 0 Å². The number of methoxy groups -OCH3 is 1. The van der Waals surface area contributed by atoms with Crippen LogP contribution >= 0.6 is 0 Å². The number of rotatable bonds is 4. The molecule has 2 aromatic carbocycles. The molecule has 0 bridgehead atoms. The summed E-state index contributed by atoms with van der Waals surface area (Å²) < 4.78 is 4.66. The third-order valence-corrected chi connectivity index (χ3v) is 3.15. The lowest BCUT2D eigenvalue weighted by molar-refractivity contribution is -0.112. The number of nitrogens with zero attached hydrogens (tertiary/aromatic N) is 1. The molecular weight excluding hydrogens is 308 g/mol. The predicted molar refractivity (Wildman–Crippen MR) is 88.1 cm³/mol. The van der Waals surface area contributed by atoms with Gasteiger partial charge in [-0.1, -0.05) is 24.3 Å². The van der Waals surface area contributed by atoms with Gasteiger partial charge in [-0.15, -0.1) is 0 Å². The Labute approximate surface area is 138 Å². The van der Waals surface area contributed by atoms with Crippen molar-refractivity contribution in [2.24, 2.45) is 0 Å². The lowest BCUT2D eigenvalue weighted by atomic mass is 10.1. The molecule has 0 unspecified atom stereocenters. The Balaban J connectivity index is 2.26. The molecule has 0 aliphatic heterocycles. The SMILES string of the molecule is COC(=O)c1ccccc1NC(=O)/C(C#N)=C\c1ccc(O)cc1. The molecule has 6 nitrogen and oxygen atoms in total. The standard InChI is InChI=1S/C18H14N2O4/c1-24-18(23)15-4-2-3-5-16(15)20-17(22)13(11-19)10-12-6-8-14(21)9-7-12/h2-10,21H,1H3,(H,20,22)/b13-10-. The number of para-hydroxylation sites is 1. The zero-order valence-corrected chi connectivity index (χ0v) is 12.8. The summed E-state index contributed by atoms with van der Waals surface area (Å²) in [5.41, 5.74) is 0.887. The summed E-state index contributed by atoms with van der Waals surface area (Å²) >= 11 is 0. The number of hydrogen-bond donors (Lipinski definition) is 2. The predicted octanol–water partition coefficient (Wildman–Crippen LogP) is 2.72. The van der Waals surface area contributed by atoms with E-state index < -0.39 is 11.9 Å². The van der Waals surface area contributed by atoms with E-state index in [9.17, 15) is 20.0 Å². The van der Waals surface area contributed by atoms with Crippen molar-refractivity contribution in [3.05, 3.63) is 65.2 Å². The minimum Gasteiger partial charge on any atom is -0.508 e. The fourth-order valence-electron chi connectivity index (χ4n) is 1.96. The maximum absolute atomic E-state index is 12.3. The second-order valence-electron chi connectivity index (χ2n) is 4.75. The van der Waals surface area contributed by atoms with Crippen molar-refractivity contribution < 1.29 is 19.4 Å². The number of esters is 1. The van der Waals surface area contributed by atoms with Crippen molar-refractivity contribution in [1.29, 1.82) is 5.26 Å². The fourth-order valence-corrected chi connectivity index (χ4v) is 1.96. The van der Waals surface area contributed by atoms with Crippen LogP contribution in [0.1, 0.15) is 15.9 Å². The first-order valence-corrected chi connectivity index (χ1v) is 6.94. The highest BCUT2D eigenvalue weighted by Crippen LogP contribution is 2.18. The van der Waals surface area contributed by atoms with E-state index in [1.165, 1.54) is 31.4 Å². The highest BCUT2D eigenvalue weighted by atomic mass is 16.5. The van der Waals surface area contributed by atoms with Gasteiger partial charge in [0, 0.05) is 0 Å². The minimum atomic E-state index is -0.651. The number of carbonyl (C=O) groups is 2. The Hall–Kier alpha value is -3.59. The zero-order chi connectivity index (χ0) is 17.5. The van der Waals surface area contributed by atoms with Gasteiger partial charge in [0.05, 0.1) is 18.4 Å². The lowest BCUT2D eigenvalue weighted by Gasteiger charge is -2.09. The molecule has 0 aliphatic carbocycles. The topological polar surface area (TPSA) is 99.4 Å². The van der Waals surface area contributed by atoms with Crippen molar-refractivity contribution >= 4 is 23.6 Å². The van der Waals surface area contributed by atoms with E-state index in [0.29, 0.717) is 5.56 Å². The number of anilines is 1. The van der Waals surface area contributed by atoms with Crippen LogP contribution in [0.15, 0.2) is 54.1 Å². The van der Waals surface area contributed by atoms with Gasteiger partial charge in [-0.05, 0) is 35.9 Å². The number of benzene rings is 2. The van der Waals surface area contributed by atoms with Gasteiger partial charge in [0.1, 0.15) is 17.4 Å². The maximum atomic E-state index is 12.3. The molecule has 0 spiro atoms. The highest BCUT2D eigenvalue weighted by Gasteiger charge is 2.15. The molecule has 0 saturated heterocycles. The molecule has 6 heteroatoms. The van der Waals surface area contributed by atoms with Gasteiger partial charge in [-0.25, -0.2) is 4.79 Å². The van der Waals surface area contributed by atoms with E-state index >= 15 is 0 Å². The number of carbonyl (C=O) groups excluding carboxylic acids is 2. The second kappa shape index (κ2) is 7.61. The molecule has 1 amide bonds. The number of amides is 1. The van der Waals surface area contributed by atoms with Crippen LogP contribution < -0.4 is 5.32 Å². The van der Waals surface area contributed by atoms with Crippen LogP contribution in [0.2, 0.25) is 0 Å². The van der Waals surface area contributed by atoms with Gasteiger partial charge in [0.25, 0.3) is 5.91 Å². The summed E-state index contributed by atoms with van der Waals surface area (Å²) in [6.45, 7) is 0. The summed E-state index contributed by atoms with van der Waals surface area (Å²) in [6.07, 6.45) is 1.38. The first-order valence-electron chi connectivity index (χ1n) is 6.94. The third kappa shape index (κ3) is 3.99. The lowest BCUT2D eigenvalue weighted by Crippen LogP contribution is -2.16. The number of phenolic OH excluding ortho intramolecular Hbond substituents is 1. The van der Waals surface area contributed by atoms with Gasteiger partial charge in [-0.2, -0.15) is 5.26 Å². The largest absolute Gasteiger partial charge is 0.508 e. The Kier molecular flexibility index (Phi) is 5.32. The van der Waals surface area contributed by atoms with Crippen LogP contribution in [0.25, 0.3) is 6.08 Å². The van der Waals surface area contributed by atoms with E-state index in [1.54, 1.807) is 30.3 Å². The van der Waals surface area contributed by atoms with Gasteiger partial charge in [0.15, 0.2) is 0 Å². The molecule has 0 radical (unpaired) electrons. The second-order valence-corrected chi connectivity index (χ2v) is 4.75. The van der Waals surface area contributed by atoms with Crippen molar-refractivity contribution in [2.75, 3.05) is 12.4 Å². The smallest absolute Gasteiger partial charge is 0.339 e. The van der Waals surface area contributed by atoms with Crippen molar-refractivity contribution in [1.82, 2.24) is 0 Å². The number of aromatic hydroxyl groups is 1. The van der Waals surface area contributed by atoms with Crippen LogP contribution in [-0.2, 0) is 9.53 Å². The monoisotopic (exact) mass is 322 g/mol. The molecule has 0 aliphatic rings. The Morgan fingerprint density at radius 1 is 1.17 bits per heavy atom. The van der Waals surface area contributed by atoms with Crippen molar-refractivity contribution in [3.8, 4) is 11.8 Å². The van der Waals surface area contributed by atoms with Crippen LogP contribution in [0.3, 0.4) is 0 Å². The van der Waals surface area contributed by atoms with Gasteiger partial charge < -0.3 is 15.2 Å². The van der Waals surface area contributed by atoms with Crippen LogP contribution in [-0.4, -0.2) is 24.1 Å². The van der Waals surface area contributed by atoms with Gasteiger partial charge >= 0.3 is 5.97 Å². The number of nitriles is 1. The minimum absolute atomic E-state index is 0.0853. The molecular formula is C18H14N2O4. The summed E-state index contributed by atoms with van der Waals surface area (Å²) in [5, 5.41) is 21.0. The molecule has 0 atom stereocenters. The molecule has 120 valence electrons. The van der Waals surface area contributed by atoms with E-state index in [4.69, 9.17) is 0 Å². The van der Waals surface area contributed by atoms with Crippen LogP contribution in [0.5, 0.6) is 5.75 Å². The molecule has 2 aromatic rings. The normalized spacial score (nSPS) is 10.6. The number of ether oxygens (including phenoxy) is 1. The van der Waals surface area contributed by atoms with E-state index in [1.807, 2.05) is 6.07 Å². The highest BCUT2D eigenvalue weighted by molar-refractivity contribution is 6.11. The zero-order valence-electron chi connectivity index (χ0n) is 12.8. The summed E-state index contributed by atoms with van der Waals surface area (Å²) in [5.74, 6) is -1.16. The number of phenols is 1. The number of hydrogen-bond acceptors (Lipinski definition) is 5. The first kappa shape index (κ1) is 16.8. The molecule has 0 saturated carbocycles. The van der Waals surface area contributed by atoms with Gasteiger partial charge in [0.2, 0.25) is 0 Å². The quantitative estimate of drug-likeness (QED) is 0.512. The molecule has 2 rings (SSSR count).